The second-order valence-electron chi connectivity index (χ2n) is 11.4. The minimum Gasteiger partial charge on any atom is -0.402 e. The highest BCUT2D eigenvalue weighted by atomic mass is 16.3. The fourth-order valence-corrected chi connectivity index (χ4v) is 6.61. The zero-order chi connectivity index (χ0) is 30.5. The van der Waals surface area contributed by atoms with Crippen LogP contribution in [0.25, 0.3) is 71.6 Å². The molecule has 1 heterocycles. The first-order chi connectivity index (χ1) is 22.0. The number of rotatable bonds is 5. The number of aliphatic hydroxyl groups is 1. The lowest BCUT2D eigenvalue weighted by atomic mass is 9.65. The molecule has 0 spiro atoms. The van der Waals surface area contributed by atoms with Crippen molar-refractivity contribution in [3.05, 3.63) is 157 Å². The number of hydrogen-bond donors (Lipinski definition) is 1. The summed E-state index contributed by atoms with van der Waals surface area (Å²) in [6, 6.07) is 52.3. The molecule has 1 aromatic heterocycles. The fraction of sp³-hybridized carbons (Fsp3) is 0.0250. The van der Waals surface area contributed by atoms with Gasteiger partial charge >= 0.3 is 0 Å². The van der Waals surface area contributed by atoms with Crippen molar-refractivity contribution in [3.8, 4) is 39.1 Å². The van der Waals surface area contributed by atoms with Crippen LogP contribution in [0.4, 0.5) is 0 Å². The Morgan fingerprint density at radius 2 is 0.978 bits per heavy atom. The van der Waals surface area contributed by atoms with Gasteiger partial charge in [0.15, 0.2) is 0 Å². The second kappa shape index (κ2) is 10.7. The number of imidazole rings is 1. The van der Waals surface area contributed by atoms with Crippen molar-refractivity contribution in [1.82, 2.24) is 9.55 Å². The van der Waals surface area contributed by atoms with Crippen LogP contribution in [0, 0.1) is 0 Å². The van der Waals surface area contributed by atoms with Crippen LogP contribution in [0.5, 0.6) is 0 Å². The SMILES string of the molecule is [B]C([B])(O)c1nc2ccccc2n1-c1ccccc1-c1c2ccccc2c(-c2ccc(-c3ccccc3)cc2)c2ccccc12. The quantitative estimate of drug-likeness (QED) is 0.165. The Labute approximate surface area is 264 Å². The molecule has 0 saturated carbocycles. The van der Waals surface area contributed by atoms with Gasteiger partial charge in [0.1, 0.15) is 21.5 Å². The van der Waals surface area contributed by atoms with Gasteiger partial charge in [-0.1, -0.05) is 133 Å². The predicted molar refractivity (Wildman–Crippen MR) is 188 cm³/mol. The molecular weight excluding hydrogens is 546 g/mol. The molecule has 3 nitrogen and oxygen atoms in total. The van der Waals surface area contributed by atoms with Gasteiger partial charge in [0.05, 0.1) is 16.7 Å². The first kappa shape index (κ1) is 27.2. The fourth-order valence-electron chi connectivity index (χ4n) is 6.61. The highest BCUT2D eigenvalue weighted by Gasteiger charge is 2.27. The van der Waals surface area contributed by atoms with Crippen LogP contribution in [-0.4, -0.2) is 30.4 Å². The molecule has 8 aromatic rings. The minimum atomic E-state index is -2.15. The van der Waals surface area contributed by atoms with Crippen LogP contribution in [-0.2, 0) is 5.40 Å². The monoisotopic (exact) mass is 572 g/mol. The Hall–Kier alpha value is -5.38. The van der Waals surface area contributed by atoms with Crippen molar-refractivity contribution in [2.75, 3.05) is 0 Å². The third kappa shape index (κ3) is 4.56. The highest BCUT2D eigenvalue weighted by molar-refractivity contribution is 6.38. The van der Waals surface area contributed by atoms with E-state index in [0.717, 1.165) is 49.4 Å². The maximum absolute atomic E-state index is 10.9. The van der Waals surface area contributed by atoms with Gasteiger partial charge < -0.3 is 5.11 Å². The van der Waals surface area contributed by atoms with E-state index in [1.165, 1.54) is 16.7 Å². The topological polar surface area (TPSA) is 38.1 Å². The molecule has 0 amide bonds. The summed E-state index contributed by atoms with van der Waals surface area (Å²) in [6.07, 6.45) is 0. The molecular formula is C40H26B2N2O. The van der Waals surface area contributed by atoms with E-state index >= 15 is 0 Å². The van der Waals surface area contributed by atoms with Crippen LogP contribution in [0.1, 0.15) is 5.82 Å². The first-order valence-electron chi connectivity index (χ1n) is 15.0. The Balaban J connectivity index is 1.42. The number of benzene rings is 7. The van der Waals surface area contributed by atoms with Gasteiger partial charge in [0, 0.05) is 11.0 Å². The Bertz CT molecular complexity index is 2300. The molecule has 7 aromatic carbocycles. The van der Waals surface area contributed by atoms with Gasteiger partial charge in [-0.05, 0) is 67.6 Å². The first-order valence-corrected chi connectivity index (χ1v) is 15.0. The van der Waals surface area contributed by atoms with Gasteiger partial charge in [-0.15, -0.1) is 0 Å². The van der Waals surface area contributed by atoms with Crippen molar-refractivity contribution in [2.45, 2.75) is 5.40 Å². The average molecular weight is 572 g/mol. The molecule has 0 aliphatic heterocycles. The van der Waals surface area contributed by atoms with E-state index in [4.69, 9.17) is 15.7 Å². The zero-order valence-electron chi connectivity index (χ0n) is 24.4. The summed E-state index contributed by atoms with van der Waals surface area (Å²) < 4.78 is 1.88. The molecule has 1 N–H and O–H groups in total. The molecule has 0 bridgehead atoms. The van der Waals surface area contributed by atoms with Gasteiger partial charge in [-0.25, -0.2) is 4.98 Å². The van der Waals surface area contributed by atoms with E-state index < -0.39 is 5.40 Å². The molecule has 5 heteroatoms. The van der Waals surface area contributed by atoms with Crippen molar-refractivity contribution < 1.29 is 5.11 Å². The number of fused-ring (bicyclic) bond motifs is 3. The summed E-state index contributed by atoms with van der Waals surface area (Å²) in [4.78, 5) is 4.67. The lowest BCUT2D eigenvalue weighted by molar-refractivity contribution is 0.205. The van der Waals surface area contributed by atoms with Crippen LogP contribution in [0.3, 0.4) is 0 Å². The normalized spacial score (nSPS) is 11.8. The number of aromatic nitrogens is 2. The van der Waals surface area contributed by atoms with Crippen LogP contribution in [0.2, 0.25) is 0 Å². The highest BCUT2D eigenvalue weighted by Crippen LogP contribution is 2.45. The van der Waals surface area contributed by atoms with Gasteiger partial charge in [0.2, 0.25) is 0 Å². The average Bonchev–Trinajstić information content (AvgIpc) is 3.48. The third-order valence-corrected chi connectivity index (χ3v) is 8.55. The largest absolute Gasteiger partial charge is 0.402 e. The van der Waals surface area contributed by atoms with Crippen molar-refractivity contribution in [3.63, 3.8) is 0 Å². The van der Waals surface area contributed by atoms with Crippen molar-refractivity contribution in [1.29, 1.82) is 0 Å². The van der Waals surface area contributed by atoms with E-state index in [9.17, 15) is 5.11 Å². The second-order valence-corrected chi connectivity index (χ2v) is 11.4. The summed E-state index contributed by atoms with van der Waals surface area (Å²) in [7, 11) is 12.2. The number of hydrogen-bond acceptors (Lipinski definition) is 2. The molecule has 0 aliphatic rings. The van der Waals surface area contributed by atoms with Crippen LogP contribution in [0.15, 0.2) is 152 Å². The molecule has 0 atom stereocenters. The minimum absolute atomic E-state index is 0.167. The molecule has 45 heavy (non-hydrogen) atoms. The van der Waals surface area contributed by atoms with Gasteiger partial charge in [0.25, 0.3) is 0 Å². The summed E-state index contributed by atoms with van der Waals surface area (Å²) in [5.41, 5.74) is 9.10. The third-order valence-electron chi connectivity index (χ3n) is 8.55. The predicted octanol–water partition coefficient (Wildman–Crippen LogP) is 8.77. The molecule has 0 fully saturated rings. The van der Waals surface area contributed by atoms with Crippen molar-refractivity contribution >= 4 is 48.3 Å². The van der Waals surface area contributed by atoms with Crippen molar-refractivity contribution in [2.24, 2.45) is 0 Å². The molecule has 0 saturated heterocycles. The van der Waals surface area contributed by atoms with Gasteiger partial charge in [-0.3, -0.25) is 4.57 Å². The summed E-state index contributed by atoms with van der Waals surface area (Å²) in [6.45, 7) is 0. The van der Waals surface area contributed by atoms with E-state index in [1.54, 1.807) is 0 Å². The molecule has 0 aliphatic carbocycles. The lowest BCUT2D eigenvalue weighted by Gasteiger charge is -2.24. The van der Waals surface area contributed by atoms with E-state index in [0.29, 0.717) is 5.52 Å². The standard InChI is InChI=1S/C40H26B2N2O/c41-40(42,45)39-43-34-19-9-11-21-36(34)44(39)35-20-10-8-18-33(35)38-31-16-6-4-14-29(31)37(30-15-5-7-17-32(30)38)28-24-22-27(23-25-28)26-12-2-1-3-13-26/h1-25,45H. The van der Waals surface area contributed by atoms with E-state index in [2.05, 4.69) is 108 Å². The van der Waals surface area contributed by atoms with E-state index in [-0.39, 0.29) is 5.82 Å². The van der Waals surface area contributed by atoms with Gasteiger partial charge in [-0.2, -0.15) is 0 Å². The van der Waals surface area contributed by atoms with Crippen LogP contribution >= 0.6 is 0 Å². The lowest BCUT2D eigenvalue weighted by Crippen LogP contribution is -2.30. The molecule has 4 radical (unpaired) electrons. The van der Waals surface area contributed by atoms with E-state index in [1.807, 2.05) is 53.1 Å². The molecule has 8 rings (SSSR count). The Morgan fingerprint density at radius 1 is 0.489 bits per heavy atom. The van der Waals surface area contributed by atoms with Crippen LogP contribution < -0.4 is 0 Å². The maximum atomic E-state index is 10.9. The maximum Gasteiger partial charge on any atom is 0.127 e. The Morgan fingerprint density at radius 3 is 1.62 bits per heavy atom. The zero-order valence-corrected chi connectivity index (χ0v) is 24.4. The smallest absolute Gasteiger partial charge is 0.127 e. The summed E-state index contributed by atoms with van der Waals surface area (Å²) >= 11 is 0. The number of para-hydroxylation sites is 3. The Kier molecular flexibility index (Phi) is 6.44. The molecule has 0 unspecified atom stereocenters. The molecule has 208 valence electrons. The summed E-state index contributed by atoms with van der Waals surface area (Å²) in [5.74, 6) is 0.167. The number of nitrogens with zero attached hydrogens (tertiary/aromatic N) is 2. The summed E-state index contributed by atoms with van der Waals surface area (Å²) in [5, 5.41) is 13.3.